The van der Waals surface area contributed by atoms with Crippen LogP contribution in [0.15, 0.2) is 10.1 Å². The molecule has 4 nitrogen and oxygen atoms in total. The van der Waals surface area contributed by atoms with Crippen LogP contribution in [-0.2, 0) is 14.7 Å². The molecule has 0 saturated heterocycles. The molecule has 0 unspecified atom stereocenters. The van der Waals surface area contributed by atoms with Crippen molar-refractivity contribution >= 4 is 21.9 Å². The van der Waals surface area contributed by atoms with Gasteiger partial charge in [0.15, 0.2) is 0 Å². The Morgan fingerprint density at radius 1 is 1.31 bits per heavy atom. The average molecular weight is 291 g/mol. The van der Waals surface area contributed by atoms with Gasteiger partial charge >= 0.3 is 5.97 Å². The summed E-state index contributed by atoms with van der Waals surface area (Å²) in [6.07, 6.45) is 0. The lowest BCUT2D eigenvalue weighted by Crippen LogP contribution is -2.48. The second-order valence-electron chi connectivity index (χ2n) is 4.82. The Balaban J connectivity index is 3.24. The van der Waals surface area contributed by atoms with Gasteiger partial charge < -0.3 is 4.74 Å². The lowest BCUT2D eigenvalue weighted by molar-refractivity contribution is -0.239. The second kappa shape index (κ2) is 4.13. The van der Waals surface area contributed by atoms with Crippen LogP contribution in [-0.4, -0.2) is 28.7 Å². The third-order valence-corrected chi connectivity index (χ3v) is 4.23. The maximum absolute atomic E-state index is 12.1. The Morgan fingerprint density at radius 3 is 2.12 bits per heavy atom. The summed E-state index contributed by atoms with van der Waals surface area (Å²) in [5.41, 5.74) is -1.19. The molecule has 0 amide bonds. The van der Waals surface area contributed by atoms with Crippen molar-refractivity contribution in [3.05, 3.63) is 10.1 Å². The van der Waals surface area contributed by atoms with Crippen molar-refractivity contribution in [3.8, 4) is 0 Å². The molecule has 1 rings (SSSR count). The van der Waals surface area contributed by atoms with Crippen LogP contribution < -0.4 is 0 Å². The minimum Gasteiger partial charge on any atom is -0.463 e. The molecule has 0 aliphatic carbocycles. The van der Waals surface area contributed by atoms with Gasteiger partial charge in [-0.2, -0.15) is 0 Å². The predicted octanol–water partition coefficient (Wildman–Crippen LogP) is 2.42. The lowest BCUT2D eigenvalue weighted by Gasteiger charge is -2.33. The first-order valence-corrected chi connectivity index (χ1v) is 6.02. The molecule has 0 spiro atoms. The summed E-state index contributed by atoms with van der Waals surface area (Å²) in [5.74, 6) is -0.425. The molecule has 0 N–H and O–H groups in total. The number of hydrogen-bond acceptors (Lipinski definition) is 3. The van der Waals surface area contributed by atoms with Crippen molar-refractivity contribution in [1.82, 2.24) is 5.06 Å². The normalized spacial score (nSPS) is 23.7. The maximum atomic E-state index is 12.1. The van der Waals surface area contributed by atoms with Crippen molar-refractivity contribution in [1.29, 1.82) is 0 Å². The molecule has 0 aromatic rings. The van der Waals surface area contributed by atoms with Crippen molar-refractivity contribution < 1.29 is 14.7 Å². The summed E-state index contributed by atoms with van der Waals surface area (Å²) in [6.45, 7) is 9.05. The largest absolute Gasteiger partial charge is 0.463 e. The van der Waals surface area contributed by atoms with Gasteiger partial charge in [-0.1, -0.05) is 15.9 Å². The van der Waals surface area contributed by atoms with Crippen molar-refractivity contribution in [2.75, 3.05) is 6.61 Å². The fourth-order valence-electron chi connectivity index (χ4n) is 2.01. The minimum atomic E-state index is -0.866. The number of carbonyl (C=O) groups excluding carboxylic acids is 1. The van der Waals surface area contributed by atoms with E-state index in [1.54, 1.807) is 34.6 Å². The Hall–Kier alpha value is -0.390. The van der Waals surface area contributed by atoms with E-state index in [0.717, 1.165) is 5.06 Å². The summed E-state index contributed by atoms with van der Waals surface area (Å²) in [4.78, 5) is 11.8. The SMILES string of the molecule is CCOC(=O)C1=C(Br)C(C)(C)N([O])C1(C)C. The van der Waals surface area contributed by atoms with Crippen molar-refractivity contribution in [2.24, 2.45) is 0 Å². The van der Waals surface area contributed by atoms with E-state index >= 15 is 0 Å². The van der Waals surface area contributed by atoms with Crippen LogP contribution >= 0.6 is 15.9 Å². The van der Waals surface area contributed by atoms with E-state index in [1.165, 1.54) is 0 Å². The van der Waals surface area contributed by atoms with E-state index < -0.39 is 17.0 Å². The van der Waals surface area contributed by atoms with Crippen LogP contribution in [0.5, 0.6) is 0 Å². The summed E-state index contributed by atoms with van der Waals surface area (Å²) in [7, 11) is 0. The zero-order valence-electron chi connectivity index (χ0n) is 10.3. The number of nitrogens with zero attached hydrogens (tertiary/aromatic N) is 1. The minimum absolute atomic E-state index is 0.304. The van der Waals surface area contributed by atoms with Crippen LogP contribution in [0.1, 0.15) is 34.6 Å². The average Bonchev–Trinajstić information content (AvgIpc) is 2.26. The van der Waals surface area contributed by atoms with Crippen LogP contribution in [0.3, 0.4) is 0 Å². The monoisotopic (exact) mass is 290 g/mol. The molecular weight excluding hydrogens is 274 g/mol. The van der Waals surface area contributed by atoms with Gasteiger partial charge in [0, 0.05) is 4.48 Å². The van der Waals surface area contributed by atoms with E-state index in [9.17, 15) is 10.0 Å². The quantitative estimate of drug-likeness (QED) is 0.734. The molecular formula is C11H17BrNO3. The summed E-state index contributed by atoms with van der Waals surface area (Å²) >= 11 is 3.35. The molecule has 0 fully saturated rings. The van der Waals surface area contributed by atoms with Crippen LogP contribution in [0.2, 0.25) is 0 Å². The molecule has 0 bridgehead atoms. The Labute approximate surface area is 104 Å². The Kier molecular flexibility index (Phi) is 3.53. The molecule has 0 aromatic carbocycles. The highest BCUT2D eigenvalue weighted by molar-refractivity contribution is 9.11. The standard InChI is InChI=1S/C11H17BrNO3/c1-6-16-9(14)7-8(12)11(4,5)13(15)10(7,2)3/h6H2,1-5H3. The third kappa shape index (κ3) is 1.81. The lowest BCUT2D eigenvalue weighted by atomic mass is 9.97. The van der Waals surface area contributed by atoms with Crippen molar-refractivity contribution in [3.63, 3.8) is 0 Å². The molecule has 5 heteroatoms. The van der Waals surface area contributed by atoms with Gasteiger partial charge in [-0.3, -0.25) is 0 Å². The zero-order chi connectivity index (χ0) is 12.7. The number of ether oxygens (including phenoxy) is 1. The highest BCUT2D eigenvalue weighted by Crippen LogP contribution is 2.47. The van der Waals surface area contributed by atoms with Crippen LogP contribution in [0.25, 0.3) is 0 Å². The van der Waals surface area contributed by atoms with E-state index in [2.05, 4.69) is 15.9 Å². The molecule has 1 aliphatic rings. The summed E-state index contributed by atoms with van der Waals surface area (Å²) in [6, 6.07) is 0. The summed E-state index contributed by atoms with van der Waals surface area (Å²) < 4.78 is 5.59. The molecule has 91 valence electrons. The first kappa shape index (κ1) is 13.7. The highest BCUT2D eigenvalue weighted by Gasteiger charge is 2.54. The van der Waals surface area contributed by atoms with Gasteiger partial charge in [0.05, 0.1) is 23.3 Å². The number of carbonyl (C=O) groups is 1. The number of halogens is 1. The van der Waals surface area contributed by atoms with Crippen LogP contribution in [0.4, 0.5) is 0 Å². The molecule has 1 heterocycles. The number of hydrogen-bond donors (Lipinski definition) is 0. The Bertz CT molecular complexity index is 347. The fourth-order valence-corrected chi connectivity index (χ4v) is 2.81. The molecule has 16 heavy (non-hydrogen) atoms. The van der Waals surface area contributed by atoms with E-state index in [0.29, 0.717) is 16.7 Å². The predicted molar refractivity (Wildman–Crippen MR) is 63.3 cm³/mol. The van der Waals surface area contributed by atoms with Gasteiger partial charge in [0.2, 0.25) is 0 Å². The van der Waals surface area contributed by atoms with E-state index in [4.69, 9.17) is 4.74 Å². The number of rotatable bonds is 2. The van der Waals surface area contributed by atoms with Gasteiger partial charge in [-0.15, -0.1) is 10.3 Å². The second-order valence-corrected chi connectivity index (χ2v) is 5.61. The smallest absolute Gasteiger partial charge is 0.336 e. The molecule has 0 atom stereocenters. The number of esters is 1. The third-order valence-electron chi connectivity index (χ3n) is 2.86. The van der Waals surface area contributed by atoms with Gasteiger partial charge in [0.1, 0.15) is 0 Å². The van der Waals surface area contributed by atoms with E-state index in [1.807, 2.05) is 0 Å². The van der Waals surface area contributed by atoms with Crippen LogP contribution in [0, 0.1) is 0 Å². The molecule has 0 saturated carbocycles. The topological polar surface area (TPSA) is 49.4 Å². The fraction of sp³-hybridized carbons (Fsp3) is 0.727. The molecule has 0 aromatic heterocycles. The molecule has 1 aliphatic heterocycles. The molecule has 1 radical (unpaired) electrons. The van der Waals surface area contributed by atoms with Gasteiger partial charge in [-0.25, -0.2) is 4.79 Å². The van der Waals surface area contributed by atoms with Gasteiger partial charge in [-0.05, 0) is 34.6 Å². The van der Waals surface area contributed by atoms with E-state index in [-0.39, 0.29) is 0 Å². The highest BCUT2D eigenvalue weighted by atomic mass is 79.9. The summed E-state index contributed by atoms with van der Waals surface area (Å²) in [5, 5.41) is 13.0. The first-order chi connectivity index (χ1) is 7.17. The zero-order valence-corrected chi connectivity index (χ0v) is 11.8. The Morgan fingerprint density at radius 2 is 1.81 bits per heavy atom. The van der Waals surface area contributed by atoms with Gasteiger partial charge in [0.25, 0.3) is 0 Å². The maximum Gasteiger partial charge on any atom is 0.336 e. The first-order valence-electron chi connectivity index (χ1n) is 5.22. The number of hydroxylamine groups is 2. The van der Waals surface area contributed by atoms with Crippen molar-refractivity contribution in [2.45, 2.75) is 45.7 Å².